The second-order valence-corrected chi connectivity index (χ2v) is 5.14. The minimum absolute atomic E-state index is 0.0602. The number of carbonyl (C=O) groups is 1. The Morgan fingerprint density at radius 2 is 1.88 bits per heavy atom. The summed E-state index contributed by atoms with van der Waals surface area (Å²) in [5.41, 5.74) is 0.756. The predicted molar refractivity (Wildman–Crippen MR) is 89.0 cm³/mol. The van der Waals surface area contributed by atoms with Crippen molar-refractivity contribution in [1.82, 2.24) is 0 Å². The van der Waals surface area contributed by atoms with Crippen molar-refractivity contribution in [2.75, 3.05) is 13.7 Å². The molecule has 2 atom stereocenters. The SMILES string of the molecule is CC.COc1ccc(C(=O)C2COc3ccc(F)cc3C2O)cc1. The van der Waals surface area contributed by atoms with Crippen LogP contribution in [0.5, 0.6) is 11.5 Å². The molecule has 128 valence electrons. The standard InChI is InChI=1S/C17H15FO4.C2H6/c1-21-12-5-2-10(3-6-12)16(19)14-9-22-15-7-4-11(18)8-13(15)17(14)20;1-2/h2-8,14,17,20H,9H2,1H3;1-2H3. The number of Topliss-reactive ketones (excluding diaryl/α,β-unsaturated/α-hetero) is 1. The van der Waals surface area contributed by atoms with E-state index >= 15 is 0 Å². The van der Waals surface area contributed by atoms with Crippen LogP contribution in [-0.2, 0) is 0 Å². The highest BCUT2D eigenvalue weighted by molar-refractivity contribution is 5.98. The number of fused-ring (bicyclic) bond motifs is 1. The Kier molecular flexibility index (Phi) is 5.93. The van der Waals surface area contributed by atoms with Gasteiger partial charge in [-0.2, -0.15) is 0 Å². The monoisotopic (exact) mass is 332 g/mol. The molecule has 1 heterocycles. The molecule has 0 amide bonds. The average Bonchev–Trinajstić information content (AvgIpc) is 2.64. The molecule has 5 heteroatoms. The van der Waals surface area contributed by atoms with E-state index in [0.29, 0.717) is 22.6 Å². The number of methoxy groups -OCH3 is 1. The van der Waals surface area contributed by atoms with E-state index in [0.717, 1.165) is 0 Å². The Morgan fingerprint density at radius 3 is 2.50 bits per heavy atom. The van der Waals surface area contributed by atoms with Crippen molar-refractivity contribution in [2.24, 2.45) is 5.92 Å². The molecule has 0 aliphatic carbocycles. The zero-order valence-electron chi connectivity index (χ0n) is 14.0. The minimum Gasteiger partial charge on any atom is -0.497 e. The Hall–Kier alpha value is -2.40. The summed E-state index contributed by atoms with van der Waals surface area (Å²) in [4.78, 5) is 12.5. The lowest BCUT2D eigenvalue weighted by Gasteiger charge is -2.29. The highest BCUT2D eigenvalue weighted by Gasteiger charge is 2.35. The van der Waals surface area contributed by atoms with Gasteiger partial charge in [0.1, 0.15) is 23.9 Å². The Labute approximate surface area is 140 Å². The molecular weight excluding hydrogens is 311 g/mol. The smallest absolute Gasteiger partial charge is 0.172 e. The number of ether oxygens (including phenoxy) is 2. The third kappa shape index (κ3) is 3.57. The minimum atomic E-state index is -1.09. The van der Waals surface area contributed by atoms with Crippen LogP contribution < -0.4 is 9.47 Å². The van der Waals surface area contributed by atoms with Gasteiger partial charge in [0.25, 0.3) is 0 Å². The maximum absolute atomic E-state index is 13.3. The topological polar surface area (TPSA) is 55.8 Å². The molecule has 4 nitrogen and oxygen atoms in total. The van der Waals surface area contributed by atoms with Crippen molar-refractivity contribution in [2.45, 2.75) is 20.0 Å². The molecule has 1 N–H and O–H groups in total. The first-order valence-corrected chi connectivity index (χ1v) is 7.88. The van der Waals surface area contributed by atoms with Crippen LogP contribution in [0.2, 0.25) is 0 Å². The highest BCUT2D eigenvalue weighted by atomic mass is 19.1. The number of hydrogen-bond acceptors (Lipinski definition) is 4. The first-order chi connectivity index (χ1) is 11.6. The van der Waals surface area contributed by atoms with E-state index in [2.05, 4.69) is 0 Å². The number of hydrogen-bond donors (Lipinski definition) is 1. The fourth-order valence-electron chi connectivity index (χ4n) is 2.56. The lowest BCUT2D eigenvalue weighted by Crippen LogP contribution is -2.32. The van der Waals surface area contributed by atoms with Crippen LogP contribution in [0.4, 0.5) is 4.39 Å². The van der Waals surface area contributed by atoms with E-state index in [4.69, 9.17) is 9.47 Å². The second-order valence-electron chi connectivity index (χ2n) is 5.14. The molecule has 0 spiro atoms. The number of halogens is 1. The average molecular weight is 332 g/mol. The van der Waals surface area contributed by atoms with Crippen LogP contribution in [0.3, 0.4) is 0 Å². The summed E-state index contributed by atoms with van der Waals surface area (Å²) in [7, 11) is 1.54. The van der Waals surface area contributed by atoms with Gasteiger partial charge in [0.05, 0.1) is 19.1 Å². The normalized spacial score (nSPS) is 18.5. The first kappa shape index (κ1) is 17.9. The van der Waals surface area contributed by atoms with Crippen LogP contribution in [0.15, 0.2) is 42.5 Å². The van der Waals surface area contributed by atoms with E-state index in [9.17, 15) is 14.3 Å². The number of rotatable bonds is 3. The summed E-state index contributed by atoms with van der Waals surface area (Å²) < 4.78 is 23.9. The van der Waals surface area contributed by atoms with Crippen molar-refractivity contribution in [3.05, 3.63) is 59.4 Å². The molecule has 0 saturated carbocycles. The summed E-state index contributed by atoms with van der Waals surface area (Å²) in [6.45, 7) is 4.06. The lowest BCUT2D eigenvalue weighted by molar-refractivity contribution is 0.0415. The number of ketones is 1. The third-order valence-electron chi connectivity index (χ3n) is 3.80. The number of benzene rings is 2. The molecule has 1 aliphatic heterocycles. The highest BCUT2D eigenvalue weighted by Crippen LogP contribution is 2.37. The van der Waals surface area contributed by atoms with Crippen molar-refractivity contribution < 1.29 is 23.8 Å². The molecule has 0 radical (unpaired) electrons. The molecule has 2 aromatic rings. The van der Waals surface area contributed by atoms with E-state index in [1.54, 1.807) is 31.4 Å². The molecule has 0 fully saturated rings. The van der Waals surface area contributed by atoms with Gasteiger partial charge >= 0.3 is 0 Å². The Balaban J connectivity index is 0.00000100. The largest absolute Gasteiger partial charge is 0.497 e. The molecule has 3 rings (SSSR count). The molecule has 2 aromatic carbocycles. The summed E-state index contributed by atoms with van der Waals surface area (Å²) in [5.74, 6) is -0.427. The molecular formula is C19H21FO4. The van der Waals surface area contributed by atoms with Crippen molar-refractivity contribution in [3.63, 3.8) is 0 Å². The van der Waals surface area contributed by atoms with Gasteiger partial charge in [0.15, 0.2) is 5.78 Å². The Morgan fingerprint density at radius 1 is 1.21 bits per heavy atom. The van der Waals surface area contributed by atoms with Crippen LogP contribution >= 0.6 is 0 Å². The van der Waals surface area contributed by atoms with Crippen molar-refractivity contribution in [3.8, 4) is 11.5 Å². The Bertz CT molecular complexity index is 697. The third-order valence-corrected chi connectivity index (χ3v) is 3.80. The van der Waals surface area contributed by atoms with E-state index in [1.807, 2.05) is 13.8 Å². The van der Waals surface area contributed by atoms with Gasteiger partial charge in [-0.1, -0.05) is 13.8 Å². The van der Waals surface area contributed by atoms with Crippen molar-refractivity contribution >= 4 is 5.78 Å². The van der Waals surface area contributed by atoms with E-state index < -0.39 is 17.8 Å². The summed E-state index contributed by atoms with van der Waals surface area (Å²) >= 11 is 0. The fourth-order valence-corrected chi connectivity index (χ4v) is 2.56. The second kappa shape index (κ2) is 7.93. The van der Waals surface area contributed by atoms with Crippen LogP contribution in [0.25, 0.3) is 0 Å². The van der Waals surface area contributed by atoms with Gasteiger partial charge in [-0.05, 0) is 42.5 Å². The van der Waals surface area contributed by atoms with Crippen molar-refractivity contribution in [1.29, 1.82) is 0 Å². The van der Waals surface area contributed by atoms with Crippen LogP contribution in [-0.4, -0.2) is 24.6 Å². The molecule has 1 aliphatic rings. The quantitative estimate of drug-likeness (QED) is 0.869. The summed E-state index contributed by atoms with van der Waals surface area (Å²) in [6.07, 6.45) is -1.09. The molecule has 0 bridgehead atoms. The maximum atomic E-state index is 13.3. The zero-order valence-corrected chi connectivity index (χ0v) is 14.0. The predicted octanol–water partition coefficient (Wildman–Crippen LogP) is 3.79. The van der Waals surface area contributed by atoms with Crippen LogP contribution in [0.1, 0.15) is 35.9 Å². The maximum Gasteiger partial charge on any atom is 0.172 e. The number of aliphatic hydroxyl groups excluding tert-OH is 1. The van der Waals surface area contributed by atoms with Gasteiger partial charge in [-0.25, -0.2) is 4.39 Å². The number of aliphatic hydroxyl groups is 1. The first-order valence-electron chi connectivity index (χ1n) is 7.88. The van der Waals surface area contributed by atoms with Gasteiger partial charge in [0, 0.05) is 11.1 Å². The molecule has 2 unspecified atom stereocenters. The number of carbonyl (C=O) groups excluding carboxylic acids is 1. The van der Waals surface area contributed by atoms with E-state index in [-0.39, 0.29) is 12.4 Å². The summed E-state index contributed by atoms with van der Waals surface area (Å²) in [6, 6.07) is 10.5. The van der Waals surface area contributed by atoms with Gasteiger partial charge < -0.3 is 14.6 Å². The summed E-state index contributed by atoms with van der Waals surface area (Å²) in [5, 5.41) is 10.4. The molecule has 0 saturated heterocycles. The van der Waals surface area contributed by atoms with Crippen LogP contribution in [0, 0.1) is 11.7 Å². The van der Waals surface area contributed by atoms with Gasteiger partial charge in [-0.3, -0.25) is 4.79 Å². The molecule has 0 aromatic heterocycles. The van der Waals surface area contributed by atoms with Gasteiger partial charge in [-0.15, -0.1) is 0 Å². The zero-order chi connectivity index (χ0) is 17.7. The molecule has 24 heavy (non-hydrogen) atoms. The van der Waals surface area contributed by atoms with Gasteiger partial charge in [0.2, 0.25) is 0 Å². The lowest BCUT2D eigenvalue weighted by atomic mass is 9.87. The fraction of sp³-hybridized carbons (Fsp3) is 0.316. The van der Waals surface area contributed by atoms with E-state index in [1.165, 1.54) is 18.2 Å².